The molecule has 5 heteroatoms. The van der Waals surface area contributed by atoms with Crippen molar-refractivity contribution in [3.8, 4) is 0 Å². The highest BCUT2D eigenvalue weighted by Gasteiger charge is 2.35. The molecule has 0 aromatic heterocycles. The van der Waals surface area contributed by atoms with Crippen LogP contribution in [0.5, 0.6) is 0 Å². The second-order valence-corrected chi connectivity index (χ2v) is 5.87. The zero-order chi connectivity index (χ0) is 16.1. The molecule has 1 saturated heterocycles. The molecule has 0 radical (unpaired) electrons. The summed E-state index contributed by atoms with van der Waals surface area (Å²) in [4.78, 5) is 25.9. The predicted octanol–water partition coefficient (Wildman–Crippen LogP) is 2.13. The van der Waals surface area contributed by atoms with E-state index in [2.05, 4.69) is 5.32 Å². The fourth-order valence-electron chi connectivity index (χ4n) is 2.68. The van der Waals surface area contributed by atoms with Gasteiger partial charge in [-0.15, -0.1) is 0 Å². The number of halogens is 1. The van der Waals surface area contributed by atoms with Gasteiger partial charge < -0.3 is 10.2 Å². The highest BCUT2D eigenvalue weighted by atomic mass is 19.1. The summed E-state index contributed by atoms with van der Waals surface area (Å²) in [7, 11) is 0. The van der Waals surface area contributed by atoms with Crippen LogP contribution >= 0.6 is 0 Å². The Morgan fingerprint density at radius 1 is 1.41 bits per heavy atom. The molecule has 1 aromatic carbocycles. The summed E-state index contributed by atoms with van der Waals surface area (Å²) in [5.41, 5.74) is 0.977. The molecule has 1 fully saturated rings. The maximum Gasteiger partial charge on any atom is 0.225 e. The molecule has 1 heterocycles. The first kappa shape index (κ1) is 16.5. The third-order valence-electron chi connectivity index (χ3n) is 4.28. The van der Waals surface area contributed by atoms with Crippen molar-refractivity contribution in [1.29, 1.82) is 0 Å². The summed E-state index contributed by atoms with van der Waals surface area (Å²) in [6, 6.07) is 6.44. The first-order valence-corrected chi connectivity index (χ1v) is 7.83. The average molecular weight is 306 g/mol. The van der Waals surface area contributed by atoms with Crippen LogP contribution in [-0.4, -0.2) is 35.8 Å². The van der Waals surface area contributed by atoms with Crippen molar-refractivity contribution in [2.45, 2.75) is 39.2 Å². The summed E-state index contributed by atoms with van der Waals surface area (Å²) in [6.07, 6.45) is 1.85. The Morgan fingerprint density at radius 2 is 2.09 bits per heavy atom. The summed E-state index contributed by atoms with van der Waals surface area (Å²) < 4.78 is 12.8. The van der Waals surface area contributed by atoms with E-state index in [1.54, 1.807) is 17.0 Å². The number of hydrogen-bond donors (Lipinski definition) is 1. The molecule has 2 unspecified atom stereocenters. The Hall–Kier alpha value is -1.91. The summed E-state index contributed by atoms with van der Waals surface area (Å²) in [5.74, 6) is -0.522. The van der Waals surface area contributed by atoms with E-state index in [9.17, 15) is 14.0 Å². The lowest BCUT2D eigenvalue weighted by molar-refractivity contribution is -0.130. The van der Waals surface area contributed by atoms with Crippen LogP contribution in [0.1, 0.15) is 32.3 Å². The Kier molecular flexibility index (Phi) is 5.52. The molecule has 1 aromatic rings. The number of amides is 2. The van der Waals surface area contributed by atoms with Gasteiger partial charge in [0.25, 0.3) is 0 Å². The molecule has 0 aliphatic carbocycles. The Balaban J connectivity index is 1.78. The van der Waals surface area contributed by atoms with Crippen LogP contribution in [0.3, 0.4) is 0 Å². The van der Waals surface area contributed by atoms with E-state index in [0.717, 1.165) is 12.0 Å². The number of carbonyl (C=O) groups excluding carboxylic acids is 2. The van der Waals surface area contributed by atoms with Gasteiger partial charge in [0.05, 0.1) is 5.92 Å². The first-order chi connectivity index (χ1) is 10.5. The van der Waals surface area contributed by atoms with Crippen molar-refractivity contribution in [2.24, 2.45) is 5.92 Å². The lowest BCUT2D eigenvalue weighted by atomic mass is 10.1. The number of nitrogens with zero attached hydrogens (tertiary/aromatic N) is 1. The molecular formula is C17H23FN2O2. The number of carbonyl (C=O) groups is 2. The number of likely N-dealkylation sites (tertiary alicyclic amines) is 1. The van der Waals surface area contributed by atoms with Gasteiger partial charge in [0, 0.05) is 25.6 Å². The quantitative estimate of drug-likeness (QED) is 0.875. The van der Waals surface area contributed by atoms with E-state index >= 15 is 0 Å². The van der Waals surface area contributed by atoms with Crippen LogP contribution in [0.4, 0.5) is 4.39 Å². The number of benzene rings is 1. The van der Waals surface area contributed by atoms with Crippen molar-refractivity contribution < 1.29 is 14.0 Å². The zero-order valence-electron chi connectivity index (χ0n) is 13.1. The highest BCUT2D eigenvalue weighted by Crippen LogP contribution is 2.21. The van der Waals surface area contributed by atoms with E-state index in [4.69, 9.17) is 0 Å². The SMILES string of the molecule is CCC(C)N1CC(C(=O)NCCc2ccc(F)cc2)CC1=O. The van der Waals surface area contributed by atoms with Gasteiger partial charge in [-0.2, -0.15) is 0 Å². The second-order valence-electron chi connectivity index (χ2n) is 5.87. The Labute approximate surface area is 130 Å². The third-order valence-corrected chi connectivity index (χ3v) is 4.28. The van der Waals surface area contributed by atoms with Crippen molar-refractivity contribution in [3.05, 3.63) is 35.6 Å². The van der Waals surface area contributed by atoms with Crippen LogP contribution in [0.15, 0.2) is 24.3 Å². The maximum absolute atomic E-state index is 12.8. The van der Waals surface area contributed by atoms with Crippen LogP contribution in [0.2, 0.25) is 0 Å². The molecule has 1 N–H and O–H groups in total. The van der Waals surface area contributed by atoms with Crippen LogP contribution in [0, 0.1) is 11.7 Å². The Bertz CT molecular complexity index is 530. The van der Waals surface area contributed by atoms with Crippen molar-refractivity contribution in [2.75, 3.05) is 13.1 Å². The number of nitrogens with one attached hydrogen (secondary N) is 1. The normalized spacial score (nSPS) is 19.3. The topological polar surface area (TPSA) is 49.4 Å². The van der Waals surface area contributed by atoms with Crippen molar-refractivity contribution in [3.63, 3.8) is 0 Å². The smallest absolute Gasteiger partial charge is 0.225 e. The van der Waals surface area contributed by atoms with Crippen LogP contribution in [0.25, 0.3) is 0 Å². The van der Waals surface area contributed by atoms with Gasteiger partial charge in [0.2, 0.25) is 11.8 Å². The number of rotatable bonds is 6. The van der Waals surface area contributed by atoms with Crippen LogP contribution < -0.4 is 5.32 Å². The lowest BCUT2D eigenvalue weighted by Crippen LogP contribution is -2.37. The van der Waals surface area contributed by atoms with E-state index in [1.807, 2.05) is 13.8 Å². The maximum atomic E-state index is 12.8. The van der Waals surface area contributed by atoms with Gasteiger partial charge >= 0.3 is 0 Å². The molecule has 0 bridgehead atoms. The molecule has 2 rings (SSSR count). The summed E-state index contributed by atoms with van der Waals surface area (Å²) in [5, 5.41) is 2.87. The molecule has 22 heavy (non-hydrogen) atoms. The van der Waals surface area contributed by atoms with Crippen LogP contribution in [-0.2, 0) is 16.0 Å². The largest absolute Gasteiger partial charge is 0.355 e. The monoisotopic (exact) mass is 306 g/mol. The van der Waals surface area contributed by atoms with Gasteiger partial charge in [0.15, 0.2) is 0 Å². The molecule has 4 nitrogen and oxygen atoms in total. The summed E-state index contributed by atoms with van der Waals surface area (Å²) in [6.45, 7) is 5.05. The standard InChI is InChI=1S/C17H23FN2O2/c1-3-12(2)20-11-14(10-16(20)21)17(22)19-9-8-13-4-6-15(18)7-5-13/h4-7,12,14H,3,8-11H2,1-2H3,(H,19,22). The van der Waals surface area contributed by atoms with E-state index in [-0.39, 0.29) is 29.6 Å². The summed E-state index contributed by atoms with van der Waals surface area (Å²) >= 11 is 0. The molecule has 2 amide bonds. The minimum Gasteiger partial charge on any atom is -0.355 e. The fourth-order valence-corrected chi connectivity index (χ4v) is 2.68. The van der Waals surface area contributed by atoms with Crippen molar-refractivity contribution >= 4 is 11.8 Å². The lowest BCUT2D eigenvalue weighted by Gasteiger charge is -2.23. The highest BCUT2D eigenvalue weighted by molar-refractivity contribution is 5.89. The van der Waals surface area contributed by atoms with Gasteiger partial charge in [-0.3, -0.25) is 9.59 Å². The first-order valence-electron chi connectivity index (χ1n) is 7.83. The third kappa shape index (κ3) is 4.06. The molecule has 120 valence electrons. The molecule has 0 spiro atoms. The second kappa shape index (κ2) is 7.38. The molecule has 0 saturated carbocycles. The van der Waals surface area contributed by atoms with Gasteiger partial charge in [-0.05, 0) is 37.5 Å². The van der Waals surface area contributed by atoms with E-state index < -0.39 is 0 Å². The minimum atomic E-state index is -0.262. The fraction of sp³-hybridized carbons (Fsp3) is 0.529. The van der Waals surface area contributed by atoms with Gasteiger partial charge in [0.1, 0.15) is 5.82 Å². The predicted molar refractivity (Wildman–Crippen MR) is 82.7 cm³/mol. The Morgan fingerprint density at radius 3 is 2.73 bits per heavy atom. The molecule has 1 aliphatic heterocycles. The van der Waals surface area contributed by atoms with Crippen molar-refractivity contribution in [1.82, 2.24) is 10.2 Å². The zero-order valence-corrected chi connectivity index (χ0v) is 13.1. The molecular weight excluding hydrogens is 283 g/mol. The molecule has 1 aliphatic rings. The average Bonchev–Trinajstić information content (AvgIpc) is 2.90. The van der Waals surface area contributed by atoms with E-state index in [1.165, 1.54) is 12.1 Å². The van der Waals surface area contributed by atoms with Gasteiger partial charge in [-0.1, -0.05) is 19.1 Å². The molecule has 2 atom stereocenters. The number of hydrogen-bond acceptors (Lipinski definition) is 2. The van der Waals surface area contributed by atoms with Gasteiger partial charge in [-0.25, -0.2) is 4.39 Å². The minimum absolute atomic E-state index is 0.0630. The van der Waals surface area contributed by atoms with E-state index in [0.29, 0.717) is 25.9 Å².